The molecule has 5 heteroatoms. The first kappa shape index (κ1) is 13.1. The number of pyridine rings is 1. The average molecular weight is 259 g/mol. The highest BCUT2D eigenvalue weighted by atomic mass is 16.5. The van der Waals surface area contributed by atoms with Gasteiger partial charge in [0.05, 0.1) is 25.4 Å². The molecule has 1 aromatic heterocycles. The molecular formula is C14H17N3O2. The van der Waals surface area contributed by atoms with Crippen molar-refractivity contribution in [2.45, 2.75) is 19.4 Å². The van der Waals surface area contributed by atoms with Crippen molar-refractivity contribution >= 4 is 28.2 Å². The predicted molar refractivity (Wildman–Crippen MR) is 75.9 cm³/mol. The van der Waals surface area contributed by atoms with Gasteiger partial charge in [-0.1, -0.05) is 24.3 Å². The van der Waals surface area contributed by atoms with Crippen molar-refractivity contribution in [2.24, 2.45) is 0 Å². The fourth-order valence-electron chi connectivity index (χ4n) is 1.95. The molecule has 1 heterocycles. The number of methoxy groups -OCH3 is 1. The van der Waals surface area contributed by atoms with Crippen LogP contribution in [0.4, 0.5) is 11.5 Å². The fourth-order valence-corrected chi connectivity index (χ4v) is 1.95. The molecule has 100 valence electrons. The fraction of sp³-hybridized carbons (Fsp3) is 0.286. The molecule has 5 nitrogen and oxygen atoms in total. The Kier molecular flexibility index (Phi) is 3.85. The summed E-state index contributed by atoms with van der Waals surface area (Å²) in [5.74, 6) is 0.473. The number of aromatic nitrogens is 1. The standard InChI is InChI=1S/C14H17N3O2/c1-9(7-13(18)19-2)17-14-11-6-4-3-5-10(11)12(15)8-16-14/h3-6,8-9H,7,15H2,1-2H3,(H,16,17). The Balaban J connectivity index is 2.26. The topological polar surface area (TPSA) is 77.2 Å². The molecule has 19 heavy (non-hydrogen) atoms. The molecule has 0 radical (unpaired) electrons. The maximum absolute atomic E-state index is 11.2. The molecule has 1 aromatic carbocycles. The van der Waals surface area contributed by atoms with Gasteiger partial charge in [-0.3, -0.25) is 4.79 Å². The Morgan fingerprint density at radius 1 is 1.42 bits per heavy atom. The summed E-state index contributed by atoms with van der Waals surface area (Å²) < 4.78 is 4.65. The summed E-state index contributed by atoms with van der Waals surface area (Å²) in [6.07, 6.45) is 1.91. The third kappa shape index (κ3) is 2.93. The summed E-state index contributed by atoms with van der Waals surface area (Å²) in [7, 11) is 1.38. The summed E-state index contributed by atoms with van der Waals surface area (Å²) in [6, 6.07) is 7.70. The van der Waals surface area contributed by atoms with Gasteiger partial charge in [0.1, 0.15) is 5.82 Å². The molecular weight excluding hydrogens is 242 g/mol. The number of rotatable bonds is 4. The quantitative estimate of drug-likeness (QED) is 0.823. The van der Waals surface area contributed by atoms with Crippen LogP contribution in [0.15, 0.2) is 30.5 Å². The van der Waals surface area contributed by atoms with Crippen LogP contribution in [0, 0.1) is 0 Å². The summed E-state index contributed by atoms with van der Waals surface area (Å²) in [4.78, 5) is 15.5. The zero-order valence-corrected chi connectivity index (χ0v) is 11.0. The highest BCUT2D eigenvalue weighted by Gasteiger charge is 2.11. The second-order valence-corrected chi connectivity index (χ2v) is 4.43. The molecule has 1 atom stereocenters. The number of anilines is 2. The molecule has 0 aliphatic carbocycles. The minimum absolute atomic E-state index is 0.0630. The van der Waals surface area contributed by atoms with E-state index in [1.54, 1.807) is 6.20 Å². The van der Waals surface area contributed by atoms with Gasteiger partial charge in [0, 0.05) is 16.8 Å². The molecule has 0 aliphatic rings. The van der Waals surface area contributed by atoms with Gasteiger partial charge < -0.3 is 15.8 Å². The number of carbonyl (C=O) groups excluding carboxylic acids is 1. The van der Waals surface area contributed by atoms with Crippen molar-refractivity contribution < 1.29 is 9.53 Å². The van der Waals surface area contributed by atoms with Crippen molar-refractivity contribution in [1.29, 1.82) is 0 Å². The van der Waals surface area contributed by atoms with Crippen LogP contribution in [0.1, 0.15) is 13.3 Å². The predicted octanol–water partition coefficient (Wildman–Crippen LogP) is 2.18. The Morgan fingerprint density at radius 3 is 2.79 bits per heavy atom. The molecule has 0 bridgehead atoms. The van der Waals surface area contributed by atoms with Gasteiger partial charge in [0.25, 0.3) is 0 Å². The summed E-state index contributed by atoms with van der Waals surface area (Å²) in [5.41, 5.74) is 6.53. The SMILES string of the molecule is COC(=O)CC(C)Nc1ncc(N)c2ccccc12. The summed E-state index contributed by atoms with van der Waals surface area (Å²) in [6.45, 7) is 1.91. The molecule has 3 N–H and O–H groups in total. The maximum atomic E-state index is 11.2. The van der Waals surface area contributed by atoms with Crippen LogP contribution in [-0.4, -0.2) is 24.1 Å². The lowest BCUT2D eigenvalue weighted by Crippen LogP contribution is -2.21. The first-order valence-corrected chi connectivity index (χ1v) is 6.08. The highest BCUT2D eigenvalue weighted by molar-refractivity contribution is 5.99. The molecule has 2 rings (SSSR count). The van der Waals surface area contributed by atoms with Crippen LogP contribution in [0.25, 0.3) is 10.8 Å². The lowest BCUT2D eigenvalue weighted by molar-refractivity contribution is -0.140. The minimum atomic E-state index is -0.250. The van der Waals surface area contributed by atoms with Crippen LogP contribution in [0.3, 0.4) is 0 Å². The molecule has 0 fully saturated rings. The Bertz CT molecular complexity index is 598. The third-order valence-electron chi connectivity index (χ3n) is 2.91. The van der Waals surface area contributed by atoms with Gasteiger partial charge in [-0.05, 0) is 6.92 Å². The van der Waals surface area contributed by atoms with E-state index < -0.39 is 0 Å². The minimum Gasteiger partial charge on any atom is -0.469 e. The number of nitrogens with zero attached hydrogens (tertiary/aromatic N) is 1. The van der Waals surface area contributed by atoms with Crippen LogP contribution in [-0.2, 0) is 9.53 Å². The number of hydrogen-bond acceptors (Lipinski definition) is 5. The van der Waals surface area contributed by atoms with Crippen molar-refractivity contribution in [2.75, 3.05) is 18.2 Å². The highest BCUT2D eigenvalue weighted by Crippen LogP contribution is 2.26. The second kappa shape index (κ2) is 5.56. The van der Waals surface area contributed by atoms with E-state index in [4.69, 9.17) is 5.73 Å². The normalized spacial score (nSPS) is 12.1. The van der Waals surface area contributed by atoms with Crippen molar-refractivity contribution in [3.63, 3.8) is 0 Å². The number of esters is 1. The van der Waals surface area contributed by atoms with E-state index in [1.807, 2.05) is 31.2 Å². The molecule has 0 aliphatic heterocycles. The van der Waals surface area contributed by atoms with Crippen LogP contribution in [0.2, 0.25) is 0 Å². The van der Waals surface area contributed by atoms with Crippen molar-refractivity contribution in [3.8, 4) is 0 Å². The zero-order chi connectivity index (χ0) is 13.8. The molecule has 1 unspecified atom stereocenters. The second-order valence-electron chi connectivity index (χ2n) is 4.43. The van der Waals surface area contributed by atoms with Crippen molar-refractivity contribution in [1.82, 2.24) is 4.98 Å². The van der Waals surface area contributed by atoms with Crippen molar-refractivity contribution in [3.05, 3.63) is 30.5 Å². The maximum Gasteiger partial charge on any atom is 0.307 e. The molecule has 0 amide bonds. The van der Waals surface area contributed by atoms with Crippen LogP contribution >= 0.6 is 0 Å². The Hall–Kier alpha value is -2.30. The lowest BCUT2D eigenvalue weighted by atomic mass is 10.1. The van der Waals surface area contributed by atoms with E-state index in [9.17, 15) is 4.79 Å². The van der Waals surface area contributed by atoms with E-state index in [2.05, 4.69) is 15.0 Å². The van der Waals surface area contributed by atoms with Crippen LogP contribution < -0.4 is 11.1 Å². The number of fused-ring (bicyclic) bond motifs is 1. The summed E-state index contributed by atoms with van der Waals surface area (Å²) >= 11 is 0. The molecule has 0 spiro atoms. The summed E-state index contributed by atoms with van der Waals surface area (Å²) in [5, 5.41) is 5.10. The van der Waals surface area contributed by atoms with E-state index >= 15 is 0 Å². The number of nitrogens with two attached hydrogens (primary N) is 1. The third-order valence-corrected chi connectivity index (χ3v) is 2.91. The van der Waals surface area contributed by atoms with Gasteiger partial charge >= 0.3 is 5.97 Å². The number of ether oxygens (including phenoxy) is 1. The first-order valence-electron chi connectivity index (χ1n) is 6.08. The molecule has 0 saturated carbocycles. The van der Waals surface area contributed by atoms with Gasteiger partial charge in [0.15, 0.2) is 0 Å². The van der Waals surface area contributed by atoms with E-state index in [1.165, 1.54) is 7.11 Å². The Morgan fingerprint density at radius 2 is 2.11 bits per heavy atom. The monoisotopic (exact) mass is 259 g/mol. The largest absolute Gasteiger partial charge is 0.469 e. The van der Waals surface area contributed by atoms with Gasteiger partial charge in [-0.25, -0.2) is 4.98 Å². The zero-order valence-electron chi connectivity index (χ0n) is 11.0. The average Bonchev–Trinajstić information content (AvgIpc) is 2.42. The van der Waals surface area contributed by atoms with E-state index in [0.717, 1.165) is 16.6 Å². The number of carbonyl (C=O) groups is 1. The number of hydrogen-bond donors (Lipinski definition) is 2. The van der Waals surface area contributed by atoms with E-state index in [-0.39, 0.29) is 18.4 Å². The van der Waals surface area contributed by atoms with E-state index in [0.29, 0.717) is 5.69 Å². The number of nitrogens with one attached hydrogen (secondary N) is 1. The first-order chi connectivity index (χ1) is 9.11. The number of nitrogen functional groups attached to an aromatic ring is 1. The smallest absolute Gasteiger partial charge is 0.307 e. The van der Waals surface area contributed by atoms with Gasteiger partial charge in [0.2, 0.25) is 0 Å². The van der Waals surface area contributed by atoms with Crippen LogP contribution in [0.5, 0.6) is 0 Å². The number of benzene rings is 1. The molecule has 0 saturated heterocycles. The van der Waals surface area contributed by atoms with Gasteiger partial charge in [-0.2, -0.15) is 0 Å². The molecule has 2 aromatic rings. The van der Waals surface area contributed by atoms with Gasteiger partial charge in [-0.15, -0.1) is 0 Å². The Labute approximate surface area is 111 Å². The lowest BCUT2D eigenvalue weighted by Gasteiger charge is -2.15.